The van der Waals surface area contributed by atoms with Crippen molar-refractivity contribution in [1.82, 2.24) is 10.3 Å². The molecule has 0 spiro atoms. The van der Waals surface area contributed by atoms with Gasteiger partial charge in [-0.3, -0.25) is 4.79 Å². The largest absolute Gasteiger partial charge is 0.355 e. The van der Waals surface area contributed by atoms with Crippen molar-refractivity contribution in [3.05, 3.63) is 54.5 Å². The molecular formula is C19H23FN4O. The maximum atomic E-state index is 12.9. The minimum absolute atomic E-state index is 0.0640. The minimum Gasteiger partial charge on any atom is -0.355 e. The molecule has 6 heteroatoms. The summed E-state index contributed by atoms with van der Waals surface area (Å²) in [5.74, 6) is 0.603. The van der Waals surface area contributed by atoms with Crippen LogP contribution in [-0.2, 0) is 4.79 Å². The zero-order valence-electron chi connectivity index (χ0n) is 14.3. The Kier molecular flexibility index (Phi) is 5.60. The normalized spacial score (nSPS) is 18.2. The number of benzene rings is 1. The number of nitrogens with zero attached hydrogens (tertiary/aromatic N) is 2. The molecule has 0 radical (unpaired) electrons. The van der Waals surface area contributed by atoms with E-state index in [1.807, 2.05) is 25.1 Å². The van der Waals surface area contributed by atoms with Crippen LogP contribution in [0.4, 0.5) is 15.9 Å². The number of rotatable bonds is 6. The predicted octanol–water partition coefficient (Wildman–Crippen LogP) is 2.81. The minimum atomic E-state index is -0.313. The average Bonchev–Trinajstić information content (AvgIpc) is 3.06. The second-order valence-electron chi connectivity index (χ2n) is 6.45. The summed E-state index contributed by atoms with van der Waals surface area (Å²) < 4.78 is 12.9. The van der Waals surface area contributed by atoms with Crippen LogP contribution in [0.25, 0.3) is 0 Å². The second kappa shape index (κ2) is 8.07. The van der Waals surface area contributed by atoms with Gasteiger partial charge in [0.25, 0.3) is 0 Å². The lowest BCUT2D eigenvalue weighted by Crippen LogP contribution is -2.40. The van der Waals surface area contributed by atoms with E-state index in [-0.39, 0.29) is 17.8 Å². The molecule has 1 saturated heterocycles. The van der Waals surface area contributed by atoms with Gasteiger partial charge in [-0.2, -0.15) is 0 Å². The molecule has 132 valence electrons. The highest BCUT2D eigenvalue weighted by molar-refractivity contribution is 5.91. The third-order valence-electron chi connectivity index (χ3n) is 4.30. The van der Waals surface area contributed by atoms with Crippen molar-refractivity contribution in [3.63, 3.8) is 0 Å². The van der Waals surface area contributed by atoms with E-state index in [9.17, 15) is 9.18 Å². The Morgan fingerprint density at radius 1 is 1.32 bits per heavy atom. The number of amides is 1. The number of hydrogen-bond acceptors (Lipinski definition) is 4. The fraction of sp³-hybridized carbons (Fsp3) is 0.368. The lowest BCUT2D eigenvalue weighted by Gasteiger charge is -2.21. The first-order valence-electron chi connectivity index (χ1n) is 8.57. The van der Waals surface area contributed by atoms with Gasteiger partial charge in [0.15, 0.2) is 0 Å². The highest BCUT2D eigenvalue weighted by atomic mass is 19.1. The van der Waals surface area contributed by atoms with Gasteiger partial charge in [-0.15, -0.1) is 0 Å². The molecule has 2 heterocycles. The third kappa shape index (κ3) is 5.00. The molecule has 5 nitrogen and oxygen atoms in total. The number of aromatic nitrogens is 1. The zero-order valence-corrected chi connectivity index (χ0v) is 14.3. The van der Waals surface area contributed by atoms with E-state index in [2.05, 4.69) is 20.5 Å². The maximum Gasteiger partial charge on any atom is 0.225 e. The molecule has 1 aromatic heterocycles. The fourth-order valence-corrected chi connectivity index (χ4v) is 3.13. The van der Waals surface area contributed by atoms with E-state index in [0.29, 0.717) is 18.2 Å². The van der Waals surface area contributed by atoms with Gasteiger partial charge in [0.05, 0.1) is 0 Å². The van der Waals surface area contributed by atoms with Crippen LogP contribution in [-0.4, -0.2) is 36.1 Å². The number of carbonyl (C=O) groups excluding carboxylic acids is 1. The summed E-state index contributed by atoms with van der Waals surface area (Å²) in [6.07, 6.45) is 3.20. The quantitative estimate of drug-likeness (QED) is 0.848. The topological polar surface area (TPSA) is 57.3 Å². The van der Waals surface area contributed by atoms with Gasteiger partial charge in [0.1, 0.15) is 11.6 Å². The first-order chi connectivity index (χ1) is 12.1. The molecular weight excluding hydrogens is 319 g/mol. The highest BCUT2D eigenvalue weighted by Gasteiger charge is 2.24. The van der Waals surface area contributed by atoms with Crippen LogP contribution < -0.4 is 15.5 Å². The van der Waals surface area contributed by atoms with Gasteiger partial charge in [0, 0.05) is 43.5 Å². The van der Waals surface area contributed by atoms with Crippen LogP contribution in [0.15, 0.2) is 48.7 Å². The number of anilines is 2. The molecule has 1 aliphatic rings. The van der Waals surface area contributed by atoms with Crippen molar-refractivity contribution in [2.45, 2.75) is 31.8 Å². The zero-order chi connectivity index (χ0) is 17.6. The first-order valence-corrected chi connectivity index (χ1v) is 8.57. The SMILES string of the molecule is CC(CC(=O)Nc1ccc(F)cc1)NC1CCN(c2ccccn2)C1. The van der Waals surface area contributed by atoms with Crippen molar-refractivity contribution in [3.8, 4) is 0 Å². The highest BCUT2D eigenvalue weighted by Crippen LogP contribution is 2.18. The molecule has 1 aromatic carbocycles. The van der Waals surface area contributed by atoms with Crippen LogP contribution in [0.2, 0.25) is 0 Å². The van der Waals surface area contributed by atoms with Crippen LogP contribution in [0, 0.1) is 5.82 Å². The molecule has 1 amide bonds. The summed E-state index contributed by atoms with van der Waals surface area (Å²) in [6.45, 7) is 3.86. The molecule has 1 aliphatic heterocycles. The van der Waals surface area contributed by atoms with E-state index >= 15 is 0 Å². The average molecular weight is 342 g/mol. The van der Waals surface area contributed by atoms with Crippen LogP contribution in [0.5, 0.6) is 0 Å². The van der Waals surface area contributed by atoms with Crippen molar-refractivity contribution in [1.29, 1.82) is 0 Å². The Morgan fingerprint density at radius 2 is 2.12 bits per heavy atom. The number of carbonyl (C=O) groups is 1. The van der Waals surface area contributed by atoms with E-state index in [0.717, 1.165) is 25.3 Å². The van der Waals surface area contributed by atoms with Gasteiger partial charge < -0.3 is 15.5 Å². The lowest BCUT2D eigenvalue weighted by molar-refractivity contribution is -0.116. The van der Waals surface area contributed by atoms with Crippen LogP contribution in [0.3, 0.4) is 0 Å². The standard InChI is InChI=1S/C19H23FN4O/c1-14(12-19(25)23-16-7-5-15(20)6-8-16)22-17-9-11-24(13-17)18-4-2-3-10-21-18/h2-8,10,14,17,22H,9,11-13H2,1H3,(H,23,25). The Balaban J connectivity index is 1.44. The van der Waals surface area contributed by atoms with Gasteiger partial charge in [-0.1, -0.05) is 6.07 Å². The van der Waals surface area contributed by atoms with Crippen molar-refractivity contribution < 1.29 is 9.18 Å². The summed E-state index contributed by atoms with van der Waals surface area (Å²) >= 11 is 0. The third-order valence-corrected chi connectivity index (χ3v) is 4.30. The van der Waals surface area contributed by atoms with Crippen molar-refractivity contribution in [2.24, 2.45) is 0 Å². The molecule has 2 atom stereocenters. The smallest absolute Gasteiger partial charge is 0.225 e. The van der Waals surface area contributed by atoms with Gasteiger partial charge in [-0.05, 0) is 49.7 Å². The second-order valence-corrected chi connectivity index (χ2v) is 6.45. The molecule has 25 heavy (non-hydrogen) atoms. The molecule has 2 aromatic rings. The van der Waals surface area contributed by atoms with E-state index < -0.39 is 0 Å². The molecule has 0 aliphatic carbocycles. The summed E-state index contributed by atoms with van der Waals surface area (Å²) in [5, 5.41) is 6.31. The number of pyridine rings is 1. The van der Waals surface area contributed by atoms with Gasteiger partial charge >= 0.3 is 0 Å². The van der Waals surface area contributed by atoms with Crippen LogP contribution in [0.1, 0.15) is 19.8 Å². The van der Waals surface area contributed by atoms with Gasteiger partial charge in [-0.25, -0.2) is 9.37 Å². The monoisotopic (exact) mass is 342 g/mol. The molecule has 0 saturated carbocycles. The van der Waals surface area contributed by atoms with Crippen LogP contribution >= 0.6 is 0 Å². The lowest BCUT2D eigenvalue weighted by atomic mass is 10.1. The molecule has 3 rings (SSSR count). The number of nitrogens with one attached hydrogen (secondary N) is 2. The predicted molar refractivity (Wildman–Crippen MR) is 97.1 cm³/mol. The Hall–Kier alpha value is -2.47. The molecule has 2 N–H and O–H groups in total. The number of halogens is 1. The Morgan fingerprint density at radius 3 is 2.84 bits per heavy atom. The Labute approximate surface area is 147 Å². The number of hydrogen-bond donors (Lipinski definition) is 2. The Bertz CT molecular complexity index is 692. The van der Waals surface area contributed by atoms with Crippen molar-refractivity contribution in [2.75, 3.05) is 23.3 Å². The van der Waals surface area contributed by atoms with E-state index in [1.165, 1.54) is 12.1 Å². The van der Waals surface area contributed by atoms with Crippen molar-refractivity contribution >= 4 is 17.4 Å². The van der Waals surface area contributed by atoms with E-state index in [4.69, 9.17) is 0 Å². The van der Waals surface area contributed by atoms with Gasteiger partial charge in [0.2, 0.25) is 5.91 Å². The van der Waals surface area contributed by atoms with E-state index in [1.54, 1.807) is 18.3 Å². The summed E-state index contributed by atoms with van der Waals surface area (Å²) in [7, 11) is 0. The summed E-state index contributed by atoms with van der Waals surface area (Å²) in [4.78, 5) is 18.7. The molecule has 2 unspecified atom stereocenters. The summed E-state index contributed by atoms with van der Waals surface area (Å²) in [5.41, 5.74) is 0.612. The molecule has 1 fully saturated rings. The summed E-state index contributed by atoms with van der Waals surface area (Å²) in [6, 6.07) is 12.1. The fourth-order valence-electron chi connectivity index (χ4n) is 3.13. The first kappa shape index (κ1) is 17.4. The molecule has 0 bridgehead atoms. The maximum absolute atomic E-state index is 12.9.